The molecule has 0 N–H and O–H groups in total. The topological polar surface area (TPSA) is 23.8 Å². The first-order valence-electron chi connectivity index (χ1n) is 10.1. The maximum atomic E-state index is 9.90. The minimum Gasteiger partial charge on any atom is -0.198 e. The molecule has 126 valence electrons. The first-order chi connectivity index (χ1) is 10.7. The number of hydrogen-bond acceptors (Lipinski definition) is 1. The first-order valence-corrected chi connectivity index (χ1v) is 10.1. The minimum absolute atomic E-state index is 0.0542. The average molecular weight is 304 g/mol. The van der Waals surface area contributed by atoms with Crippen LogP contribution in [-0.2, 0) is 0 Å². The summed E-state index contributed by atoms with van der Waals surface area (Å²) in [5.41, 5.74) is 0.0542. The van der Waals surface area contributed by atoms with Crippen LogP contribution in [0.5, 0.6) is 0 Å². The van der Waals surface area contributed by atoms with Crippen LogP contribution in [0.25, 0.3) is 0 Å². The van der Waals surface area contributed by atoms with Crippen LogP contribution in [0.1, 0.15) is 104 Å². The van der Waals surface area contributed by atoms with Gasteiger partial charge in [0.1, 0.15) is 0 Å². The lowest BCUT2D eigenvalue weighted by Gasteiger charge is -2.43. The van der Waals surface area contributed by atoms with E-state index >= 15 is 0 Å². The lowest BCUT2D eigenvalue weighted by molar-refractivity contribution is 0.0846. The van der Waals surface area contributed by atoms with Gasteiger partial charge in [0, 0.05) is 0 Å². The van der Waals surface area contributed by atoms with Crippen molar-refractivity contribution in [3.63, 3.8) is 0 Å². The normalized spacial score (nSPS) is 36.0. The second-order valence-electron chi connectivity index (χ2n) is 8.21. The second kappa shape index (κ2) is 8.95. The average Bonchev–Trinajstić information content (AvgIpc) is 2.57. The van der Waals surface area contributed by atoms with Crippen molar-refractivity contribution in [2.24, 2.45) is 23.2 Å². The van der Waals surface area contributed by atoms with Gasteiger partial charge >= 0.3 is 0 Å². The van der Waals surface area contributed by atoms with Gasteiger partial charge in [-0.1, -0.05) is 65.2 Å². The van der Waals surface area contributed by atoms with E-state index in [1.54, 1.807) is 0 Å². The van der Waals surface area contributed by atoms with E-state index in [1.807, 2.05) is 0 Å². The summed E-state index contributed by atoms with van der Waals surface area (Å²) in [4.78, 5) is 0. The van der Waals surface area contributed by atoms with E-state index < -0.39 is 0 Å². The van der Waals surface area contributed by atoms with Crippen LogP contribution in [0.3, 0.4) is 0 Å². The van der Waals surface area contributed by atoms with Gasteiger partial charge in [0.15, 0.2) is 0 Å². The third-order valence-electron chi connectivity index (χ3n) is 6.76. The third-order valence-corrected chi connectivity index (χ3v) is 6.76. The Balaban J connectivity index is 1.80. The van der Waals surface area contributed by atoms with E-state index in [2.05, 4.69) is 19.9 Å². The molecule has 0 aromatic carbocycles. The molecule has 0 aromatic rings. The van der Waals surface area contributed by atoms with Crippen LogP contribution < -0.4 is 0 Å². The van der Waals surface area contributed by atoms with Gasteiger partial charge in [-0.3, -0.25) is 0 Å². The van der Waals surface area contributed by atoms with Gasteiger partial charge in [0.05, 0.1) is 11.5 Å². The van der Waals surface area contributed by atoms with Crippen LogP contribution in [0, 0.1) is 34.5 Å². The molecule has 2 aliphatic rings. The van der Waals surface area contributed by atoms with Crippen molar-refractivity contribution in [3.05, 3.63) is 0 Å². The fraction of sp³-hybridized carbons (Fsp3) is 0.952. The predicted octanol–water partition coefficient (Wildman–Crippen LogP) is 6.87. The van der Waals surface area contributed by atoms with Crippen LogP contribution >= 0.6 is 0 Å². The Morgan fingerprint density at radius 2 is 1.45 bits per heavy atom. The summed E-state index contributed by atoms with van der Waals surface area (Å²) in [6, 6.07) is 2.82. The van der Waals surface area contributed by atoms with E-state index in [-0.39, 0.29) is 5.41 Å². The summed E-state index contributed by atoms with van der Waals surface area (Å²) < 4.78 is 0. The van der Waals surface area contributed by atoms with Gasteiger partial charge in [-0.2, -0.15) is 5.26 Å². The largest absolute Gasteiger partial charge is 0.198 e. The highest BCUT2D eigenvalue weighted by molar-refractivity contribution is 5.06. The summed E-state index contributed by atoms with van der Waals surface area (Å²) in [6.07, 6.45) is 18.8. The number of unbranched alkanes of at least 4 members (excludes halogenated alkanes) is 2. The maximum Gasteiger partial charge on any atom is 0.0692 e. The molecule has 0 heterocycles. The molecule has 1 nitrogen and oxygen atoms in total. The Kier molecular flexibility index (Phi) is 7.26. The van der Waals surface area contributed by atoms with Crippen LogP contribution in [0.2, 0.25) is 0 Å². The van der Waals surface area contributed by atoms with Gasteiger partial charge < -0.3 is 0 Å². The maximum absolute atomic E-state index is 9.90. The fourth-order valence-electron chi connectivity index (χ4n) is 5.19. The highest BCUT2D eigenvalue weighted by Crippen LogP contribution is 2.50. The third kappa shape index (κ3) is 4.50. The predicted molar refractivity (Wildman–Crippen MR) is 94.5 cm³/mol. The van der Waals surface area contributed by atoms with Crippen LogP contribution in [0.4, 0.5) is 0 Å². The molecule has 0 saturated heterocycles. The van der Waals surface area contributed by atoms with Crippen molar-refractivity contribution in [2.75, 3.05) is 0 Å². The Morgan fingerprint density at radius 1 is 0.818 bits per heavy atom. The highest BCUT2D eigenvalue weighted by atomic mass is 14.5. The SMILES string of the molecule is CCCCCC1CCC(C2(C#N)CCC(CCC)CC2)CC1. The molecular formula is C21H37N. The summed E-state index contributed by atoms with van der Waals surface area (Å²) in [5, 5.41) is 9.90. The van der Waals surface area contributed by atoms with E-state index in [0.717, 1.165) is 11.8 Å². The van der Waals surface area contributed by atoms with E-state index in [9.17, 15) is 5.26 Å². The monoisotopic (exact) mass is 303 g/mol. The molecule has 2 rings (SSSR count). The smallest absolute Gasteiger partial charge is 0.0692 e. The van der Waals surface area contributed by atoms with Gasteiger partial charge in [-0.15, -0.1) is 0 Å². The molecule has 2 fully saturated rings. The number of nitrogens with zero attached hydrogens (tertiary/aromatic N) is 1. The second-order valence-corrected chi connectivity index (χ2v) is 8.21. The van der Waals surface area contributed by atoms with Gasteiger partial charge in [-0.05, 0) is 56.3 Å². The minimum atomic E-state index is 0.0542. The fourth-order valence-corrected chi connectivity index (χ4v) is 5.19. The molecule has 0 aromatic heterocycles. The molecule has 0 aliphatic heterocycles. The zero-order valence-electron chi connectivity index (χ0n) is 15.1. The molecule has 0 spiro atoms. The molecule has 2 aliphatic carbocycles. The number of nitriles is 1. The Morgan fingerprint density at radius 3 is 2.00 bits per heavy atom. The molecule has 0 unspecified atom stereocenters. The molecular weight excluding hydrogens is 266 g/mol. The Bertz CT molecular complexity index is 337. The lowest BCUT2D eigenvalue weighted by atomic mass is 9.59. The van der Waals surface area contributed by atoms with Crippen LogP contribution in [-0.4, -0.2) is 0 Å². The van der Waals surface area contributed by atoms with Crippen molar-refractivity contribution in [3.8, 4) is 6.07 Å². The number of rotatable bonds is 7. The molecule has 0 atom stereocenters. The van der Waals surface area contributed by atoms with Crippen molar-refractivity contribution < 1.29 is 0 Å². The van der Waals surface area contributed by atoms with E-state index in [1.165, 1.54) is 89.9 Å². The van der Waals surface area contributed by atoms with Crippen molar-refractivity contribution >= 4 is 0 Å². The summed E-state index contributed by atoms with van der Waals surface area (Å²) in [7, 11) is 0. The Labute approximate surface area is 138 Å². The molecule has 0 radical (unpaired) electrons. The van der Waals surface area contributed by atoms with E-state index in [0.29, 0.717) is 5.92 Å². The summed E-state index contributed by atoms with van der Waals surface area (Å²) >= 11 is 0. The zero-order chi connectivity index (χ0) is 15.8. The van der Waals surface area contributed by atoms with Crippen LogP contribution in [0.15, 0.2) is 0 Å². The zero-order valence-corrected chi connectivity index (χ0v) is 15.1. The molecule has 0 amide bonds. The molecule has 2 saturated carbocycles. The summed E-state index contributed by atoms with van der Waals surface area (Å²) in [6.45, 7) is 4.59. The van der Waals surface area contributed by atoms with E-state index in [4.69, 9.17) is 0 Å². The molecule has 0 bridgehead atoms. The first kappa shape index (κ1) is 17.8. The lowest BCUT2D eigenvalue weighted by Crippen LogP contribution is -2.36. The van der Waals surface area contributed by atoms with Crippen molar-refractivity contribution in [1.29, 1.82) is 5.26 Å². The van der Waals surface area contributed by atoms with Gasteiger partial charge in [0.2, 0.25) is 0 Å². The molecule has 22 heavy (non-hydrogen) atoms. The van der Waals surface area contributed by atoms with Gasteiger partial charge in [-0.25, -0.2) is 0 Å². The molecule has 1 heteroatoms. The standard InChI is InChI=1S/C21H37N/c1-3-5-6-8-19-9-11-20(12-10-19)21(17-22)15-13-18(7-4-2)14-16-21/h18-20H,3-16H2,1-2H3. The van der Waals surface area contributed by atoms with Crippen molar-refractivity contribution in [2.45, 2.75) is 104 Å². The Hall–Kier alpha value is -0.510. The summed E-state index contributed by atoms with van der Waals surface area (Å²) in [5.74, 6) is 2.59. The highest BCUT2D eigenvalue weighted by Gasteiger charge is 2.43. The quantitative estimate of drug-likeness (QED) is 0.470. The van der Waals surface area contributed by atoms with Crippen molar-refractivity contribution in [1.82, 2.24) is 0 Å². The number of hydrogen-bond donors (Lipinski definition) is 0. The van der Waals surface area contributed by atoms with Gasteiger partial charge in [0.25, 0.3) is 0 Å².